The molecular formula is C70H63NO12. The Balaban J connectivity index is 0.855. The first-order valence-electron chi connectivity index (χ1n) is 28.6. The van der Waals surface area contributed by atoms with Gasteiger partial charge in [0, 0.05) is 17.1 Å². The molecule has 0 amide bonds. The standard InChI is InChI=1S/C70H63NO12/c1-7-72-59-30-47-49(32-61(59)74-9-3)57-40-69(67(76-11-5)38-55(57)53-36-65-63(34-51(47)53)78-26-28-80-65)82-45-22-18-43(19-23-45)71(42-16-14-13-15-17-42)44-20-24-46(25-21-44)83-70-41-58-50-33-62(75-10-4)60(73-8-2)31-48(50)52-35-64-66(81-29-27-79-64)37-54(52)56(58)39-68(70)77-12-6/h13-25,30-41H,7-12,26-29H2,1-6H3. The number of nitrogens with zero attached hydrogens (tertiary/aromatic N) is 1. The van der Waals surface area contributed by atoms with Crippen molar-refractivity contribution in [3.05, 3.63) is 152 Å². The van der Waals surface area contributed by atoms with Gasteiger partial charge >= 0.3 is 0 Å². The van der Waals surface area contributed by atoms with Crippen molar-refractivity contribution in [1.29, 1.82) is 0 Å². The van der Waals surface area contributed by atoms with Gasteiger partial charge in [-0.05, 0) is 240 Å². The number of benzene rings is 11. The van der Waals surface area contributed by atoms with Crippen molar-refractivity contribution in [2.24, 2.45) is 0 Å². The van der Waals surface area contributed by atoms with Gasteiger partial charge in [0.1, 0.15) is 37.9 Å². The van der Waals surface area contributed by atoms with E-state index in [1.54, 1.807) is 0 Å². The van der Waals surface area contributed by atoms with Crippen molar-refractivity contribution < 1.29 is 56.8 Å². The van der Waals surface area contributed by atoms with Crippen LogP contribution < -0.4 is 61.7 Å². The highest BCUT2D eigenvalue weighted by Gasteiger charge is 2.25. The third-order valence-electron chi connectivity index (χ3n) is 14.9. The first-order valence-corrected chi connectivity index (χ1v) is 28.6. The topological polar surface area (TPSA) is 114 Å². The molecule has 0 atom stereocenters. The van der Waals surface area contributed by atoms with Gasteiger partial charge < -0.3 is 61.7 Å². The fourth-order valence-corrected chi connectivity index (χ4v) is 11.5. The molecule has 0 bridgehead atoms. The molecule has 0 saturated heterocycles. The average molecular weight is 1110 g/mol. The lowest BCUT2D eigenvalue weighted by Crippen LogP contribution is -2.15. The van der Waals surface area contributed by atoms with Crippen molar-refractivity contribution in [3.63, 3.8) is 0 Å². The first-order chi connectivity index (χ1) is 40.8. The molecule has 0 aliphatic carbocycles. The maximum absolute atomic E-state index is 6.84. The van der Waals surface area contributed by atoms with Crippen molar-refractivity contribution in [3.8, 4) is 80.5 Å². The molecule has 0 N–H and O–H groups in total. The zero-order chi connectivity index (χ0) is 56.6. The molecule has 2 aliphatic heterocycles. The van der Waals surface area contributed by atoms with E-state index >= 15 is 0 Å². The molecule has 0 spiro atoms. The number of fused-ring (bicyclic) bond motifs is 14. The van der Waals surface area contributed by atoms with Crippen LogP contribution in [0.1, 0.15) is 41.5 Å². The minimum Gasteiger partial charge on any atom is -0.490 e. The van der Waals surface area contributed by atoms with E-state index in [2.05, 4.69) is 114 Å². The molecule has 11 aromatic carbocycles. The lowest BCUT2D eigenvalue weighted by atomic mass is 9.93. The van der Waals surface area contributed by atoms with Crippen LogP contribution in [-0.4, -0.2) is 66.1 Å². The van der Waals surface area contributed by atoms with Gasteiger partial charge in [-0.1, -0.05) is 18.2 Å². The monoisotopic (exact) mass is 1110 g/mol. The Morgan fingerprint density at radius 1 is 0.277 bits per heavy atom. The number of anilines is 3. The third kappa shape index (κ3) is 9.89. The van der Waals surface area contributed by atoms with Crippen molar-refractivity contribution in [2.45, 2.75) is 41.5 Å². The van der Waals surface area contributed by atoms with Crippen LogP contribution >= 0.6 is 0 Å². The quantitative estimate of drug-likeness (QED) is 0.0717. The normalized spacial score (nSPS) is 12.7. The summed E-state index contributed by atoms with van der Waals surface area (Å²) in [7, 11) is 0. The SMILES string of the molecule is CCOc1cc2c(cc1OCC)c1cc(Oc3ccc(N(c4ccccc4)c4ccc(Oc5cc6c7cc(OCC)c(OCC)cc7c7cc8c(cc7c6cc5OCC)OCCO8)cc4)cc3)c(OCC)cc1c1cc3c(cc21)OCCO3. The zero-order valence-electron chi connectivity index (χ0n) is 47.4. The molecule has 2 heterocycles. The van der Waals surface area contributed by atoms with Gasteiger partial charge in [0.15, 0.2) is 69.0 Å². The highest BCUT2D eigenvalue weighted by Crippen LogP contribution is 2.51. The summed E-state index contributed by atoms with van der Waals surface area (Å²) in [4.78, 5) is 2.20. The van der Waals surface area contributed by atoms with Crippen LogP contribution in [0.5, 0.6) is 80.5 Å². The molecule has 0 aromatic heterocycles. The van der Waals surface area contributed by atoms with Crippen molar-refractivity contribution in [2.75, 3.05) is 71.0 Å². The van der Waals surface area contributed by atoms with E-state index in [0.29, 0.717) is 147 Å². The van der Waals surface area contributed by atoms with Crippen LogP contribution in [0.3, 0.4) is 0 Å². The largest absolute Gasteiger partial charge is 0.490 e. The predicted octanol–water partition coefficient (Wildman–Crippen LogP) is 17.6. The van der Waals surface area contributed by atoms with Gasteiger partial charge in [0.25, 0.3) is 0 Å². The number of rotatable bonds is 19. The minimum absolute atomic E-state index is 0.436. The number of hydrogen-bond acceptors (Lipinski definition) is 13. The summed E-state index contributed by atoms with van der Waals surface area (Å²) in [6.07, 6.45) is 0. The highest BCUT2D eigenvalue weighted by atomic mass is 16.6. The lowest BCUT2D eigenvalue weighted by Gasteiger charge is -2.26. The third-order valence-corrected chi connectivity index (χ3v) is 14.9. The van der Waals surface area contributed by atoms with E-state index in [1.807, 2.05) is 84.0 Å². The zero-order valence-corrected chi connectivity index (χ0v) is 47.4. The Morgan fingerprint density at radius 3 is 0.771 bits per heavy atom. The van der Waals surface area contributed by atoms with Crippen LogP contribution in [0.25, 0.3) is 64.6 Å². The summed E-state index contributed by atoms with van der Waals surface area (Å²) in [6.45, 7) is 16.6. The summed E-state index contributed by atoms with van der Waals surface area (Å²) in [6, 6.07) is 51.3. The summed E-state index contributed by atoms with van der Waals surface area (Å²) in [5.74, 6) is 9.14. The molecule has 13 nitrogen and oxygen atoms in total. The summed E-state index contributed by atoms with van der Waals surface area (Å²) in [5, 5.41) is 11.8. The van der Waals surface area contributed by atoms with E-state index in [0.717, 1.165) is 81.7 Å². The van der Waals surface area contributed by atoms with Crippen LogP contribution in [-0.2, 0) is 0 Å². The van der Waals surface area contributed by atoms with Gasteiger partial charge in [-0.25, -0.2) is 0 Å². The van der Waals surface area contributed by atoms with Gasteiger partial charge in [0.05, 0.1) is 39.6 Å². The van der Waals surface area contributed by atoms with E-state index in [4.69, 9.17) is 56.8 Å². The number of hydrogen-bond donors (Lipinski definition) is 0. The smallest absolute Gasteiger partial charge is 0.169 e. The van der Waals surface area contributed by atoms with E-state index in [9.17, 15) is 0 Å². The second-order valence-electron chi connectivity index (χ2n) is 19.9. The number of para-hydroxylation sites is 1. The van der Waals surface area contributed by atoms with E-state index in [-0.39, 0.29) is 0 Å². The summed E-state index contributed by atoms with van der Waals surface area (Å²) < 4.78 is 75.5. The molecule has 420 valence electrons. The Labute approximate surface area is 481 Å². The fourth-order valence-electron chi connectivity index (χ4n) is 11.5. The van der Waals surface area contributed by atoms with E-state index in [1.165, 1.54) is 0 Å². The first kappa shape index (κ1) is 52.7. The molecule has 83 heavy (non-hydrogen) atoms. The minimum atomic E-state index is 0.436. The molecule has 11 aromatic rings. The molecule has 0 fully saturated rings. The highest BCUT2D eigenvalue weighted by molar-refractivity contribution is 6.28. The Bertz CT molecular complexity index is 3990. The molecule has 13 rings (SSSR count). The predicted molar refractivity (Wildman–Crippen MR) is 328 cm³/mol. The lowest BCUT2D eigenvalue weighted by molar-refractivity contribution is 0.172. The Morgan fingerprint density at radius 2 is 0.506 bits per heavy atom. The number of ether oxygens (including phenoxy) is 12. The van der Waals surface area contributed by atoms with Crippen molar-refractivity contribution in [1.82, 2.24) is 0 Å². The summed E-state index contributed by atoms with van der Waals surface area (Å²) in [5.41, 5.74) is 2.82. The average Bonchev–Trinajstić information content (AvgIpc) is 2.49. The van der Waals surface area contributed by atoms with Crippen LogP contribution in [0.15, 0.2) is 152 Å². The van der Waals surface area contributed by atoms with Gasteiger partial charge in [-0.15, -0.1) is 0 Å². The second kappa shape index (κ2) is 22.7. The van der Waals surface area contributed by atoms with Gasteiger partial charge in [-0.2, -0.15) is 0 Å². The maximum atomic E-state index is 6.84. The van der Waals surface area contributed by atoms with Crippen LogP contribution in [0.4, 0.5) is 17.1 Å². The maximum Gasteiger partial charge on any atom is 0.169 e. The van der Waals surface area contributed by atoms with Gasteiger partial charge in [0.2, 0.25) is 0 Å². The molecule has 0 saturated carbocycles. The second-order valence-corrected chi connectivity index (χ2v) is 19.9. The molecule has 0 radical (unpaired) electrons. The molecule has 0 unspecified atom stereocenters. The Hall–Kier alpha value is -9.62. The molecular weight excluding hydrogens is 1050 g/mol. The van der Waals surface area contributed by atoms with Gasteiger partial charge in [-0.3, -0.25) is 0 Å². The van der Waals surface area contributed by atoms with Crippen LogP contribution in [0.2, 0.25) is 0 Å². The summed E-state index contributed by atoms with van der Waals surface area (Å²) >= 11 is 0. The fraction of sp³-hybridized carbons (Fsp3) is 0.229. The van der Waals surface area contributed by atoms with E-state index < -0.39 is 0 Å². The molecule has 13 heteroatoms. The van der Waals surface area contributed by atoms with Crippen molar-refractivity contribution >= 4 is 81.7 Å². The van der Waals surface area contributed by atoms with Crippen LogP contribution in [0, 0.1) is 0 Å². The Kier molecular flexibility index (Phi) is 14.4. The molecule has 2 aliphatic rings.